The molecule has 1 atom stereocenters. The van der Waals surface area contributed by atoms with Crippen LogP contribution in [0, 0.1) is 0 Å². The number of aliphatic carboxylic acids is 1. The second-order valence-corrected chi connectivity index (χ2v) is 5.45. The molecule has 0 aliphatic rings. The molecule has 0 saturated carbocycles. The second-order valence-electron chi connectivity index (χ2n) is 4.44. The molecule has 1 unspecified atom stereocenters. The maximum Gasteiger partial charge on any atom is 0.304 e. The number of halogens is 2. The lowest BCUT2D eigenvalue weighted by molar-refractivity contribution is -0.137. The number of allylic oxidation sites excluding steroid dienone is 1. The molecule has 1 aromatic carbocycles. The highest BCUT2D eigenvalue weighted by Crippen LogP contribution is 2.31. The molecular formula is C14H16Cl2O2. The van der Waals surface area contributed by atoms with E-state index in [9.17, 15) is 4.79 Å². The summed E-state index contributed by atoms with van der Waals surface area (Å²) in [4.78, 5) is 10.9. The number of carboxylic acid groups (broad SMARTS) is 1. The fraction of sp³-hybridized carbons (Fsp3) is 0.357. The molecule has 2 nitrogen and oxygen atoms in total. The third-order valence-corrected chi connectivity index (χ3v) is 2.99. The van der Waals surface area contributed by atoms with Gasteiger partial charge in [0.2, 0.25) is 0 Å². The van der Waals surface area contributed by atoms with Crippen LogP contribution in [0.4, 0.5) is 0 Å². The van der Waals surface area contributed by atoms with Crippen LogP contribution >= 0.6 is 23.2 Å². The van der Waals surface area contributed by atoms with Crippen molar-refractivity contribution in [2.24, 2.45) is 0 Å². The first-order chi connectivity index (χ1) is 8.41. The lowest BCUT2D eigenvalue weighted by atomic mass is 9.87. The number of benzene rings is 1. The number of carbonyl (C=O) groups is 1. The van der Waals surface area contributed by atoms with Crippen molar-refractivity contribution in [1.82, 2.24) is 0 Å². The summed E-state index contributed by atoms with van der Waals surface area (Å²) < 4.78 is 0.0970. The summed E-state index contributed by atoms with van der Waals surface area (Å²) in [6.45, 7) is 4.14. The van der Waals surface area contributed by atoms with Gasteiger partial charge in [-0.1, -0.05) is 61.3 Å². The summed E-state index contributed by atoms with van der Waals surface area (Å²) in [6, 6.07) is 7.77. The highest BCUT2D eigenvalue weighted by molar-refractivity contribution is 6.55. The Morgan fingerprint density at radius 1 is 1.28 bits per heavy atom. The molecule has 0 aliphatic carbocycles. The van der Waals surface area contributed by atoms with Crippen molar-refractivity contribution in [3.8, 4) is 0 Å². The molecule has 1 aromatic rings. The fourth-order valence-corrected chi connectivity index (χ4v) is 2.28. The van der Waals surface area contributed by atoms with E-state index in [-0.39, 0.29) is 16.8 Å². The quantitative estimate of drug-likeness (QED) is 0.853. The smallest absolute Gasteiger partial charge is 0.304 e. The standard InChI is InChI=1S/C14H16Cl2O2/c1-9(2)11-5-3-4-6-12(11)10(7-13(15)16)8-14(17)18/h3-7,9-10H,8H2,1-2H3,(H,17,18). The summed E-state index contributed by atoms with van der Waals surface area (Å²) in [5.74, 6) is -0.851. The zero-order chi connectivity index (χ0) is 13.7. The lowest BCUT2D eigenvalue weighted by Gasteiger charge is -2.18. The predicted molar refractivity (Wildman–Crippen MR) is 75.3 cm³/mol. The molecule has 1 N–H and O–H groups in total. The summed E-state index contributed by atoms with van der Waals surface area (Å²) in [7, 11) is 0. The van der Waals surface area contributed by atoms with Gasteiger partial charge in [-0.3, -0.25) is 4.79 Å². The van der Waals surface area contributed by atoms with Crippen molar-refractivity contribution in [2.45, 2.75) is 32.1 Å². The molecule has 0 bridgehead atoms. The molecule has 0 radical (unpaired) electrons. The largest absolute Gasteiger partial charge is 0.481 e. The Bertz CT molecular complexity index is 449. The van der Waals surface area contributed by atoms with Crippen molar-refractivity contribution < 1.29 is 9.90 Å². The first kappa shape index (κ1) is 15.1. The molecule has 0 fully saturated rings. The Hall–Kier alpha value is -0.990. The van der Waals surface area contributed by atoms with Gasteiger partial charge < -0.3 is 5.11 Å². The molecule has 0 saturated heterocycles. The van der Waals surface area contributed by atoms with E-state index in [1.165, 1.54) is 0 Å². The summed E-state index contributed by atoms with van der Waals surface area (Å²) in [5, 5.41) is 8.97. The molecule has 0 spiro atoms. The Morgan fingerprint density at radius 3 is 2.28 bits per heavy atom. The van der Waals surface area contributed by atoms with Gasteiger partial charge in [0.15, 0.2) is 0 Å². The maximum absolute atomic E-state index is 10.9. The topological polar surface area (TPSA) is 37.3 Å². The van der Waals surface area contributed by atoms with Crippen LogP contribution in [0.25, 0.3) is 0 Å². The van der Waals surface area contributed by atoms with Crippen LogP contribution in [-0.2, 0) is 4.79 Å². The van der Waals surface area contributed by atoms with Crippen molar-refractivity contribution in [3.63, 3.8) is 0 Å². The molecule has 4 heteroatoms. The normalized spacial score (nSPS) is 12.3. The second kappa shape index (κ2) is 6.81. The van der Waals surface area contributed by atoms with Crippen molar-refractivity contribution in [2.75, 3.05) is 0 Å². The highest BCUT2D eigenvalue weighted by atomic mass is 35.5. The van der Waals surface area contributed by atoms with Crippen LogP contribution in [0.1, 0.15) is 43.2 Å². The van der Waals surface area contributed by atoms with Gasteiger partial charge in [0.1, 0.15) is 4.49 Å². The maximum atomic E-state index is 10.9. The minimum Gasteiger partial charge on any atom is -0.481 e. The van der Waals surface area contributed by atoms with Crippen LogP contribution in [-0.4, -0.2) is 11.1 Å². The first-order valence-electron chi connectivity index (χ1n) is 5.75. The summed E-state index contributed by atoms with van der Waals surface area (Å²) in [6.07, 6.45) is 1.56. The number of hydrogen-bond acceptors (Lipinski definition) is 1. The SMILES string of the molecule is CC(C)c1ccccc1C(C=C(Cl)Cl)CC(=O)O. The van der Waals surface area contributed by atoms with Gasteiger partial charge in [-0.25, -0.2) is 0 Å². The minimum atomic E-state index is -0.871. The average molecular weight is 287 g/mol. The first-order valence-corrected chi connectivity index (χ1v) is 6.50. The van der Waals surface area contributed by atoms with Crippen LogP contribution in [0.5, 0.6) is 0 Å². The van der Waals surface area contributed by atoms with Gasteiger partial charge in [0.25, 0.3) is 0 Å². The molecular weight excluding hydrogens is 271 g/mol. The van der Waals surface area contributed by atoms with E-state index in [4.69, 9.17) is 28.3 Å². The molecule has 1 rings (SSSR count). The third-order valence-electron chi connectivity index (χ3n) is 2.74. The van der Waals surface area contributed by atoms with E-state index in [1.54, 1.807) is 6.08 Å². The van der Waals surface area contributed by atoms with Gasteiger partial charge in [-0.05, 0) is 23.1 Å². The monoisotopic (exact) mass is 286 g/mol. The van der Waals surface area contributed by atoms with E-state index < -0.39 is 5.97 Å². The number of carboxylic acids is 1. The van der Waals surface area contributed by atoms with Crippen LogP contribution in [0.2, 0.25) is 0 Å². The Morgan fingerprint density at radius 2 is 1.83 bits per heavy atom. The van der Waals surface area contributed by atoms with E-state index in [2.05, 4.69) is 13.8 Å². The van der Waals surface area contributed by atoms with E-state index in [1.807, 2.05) is 24.3 Å². The van der Waals surface area contributed by atoms with E-state index >= 15 is 0 Å². The van der Waals surface area contributed by atoms with Gasteiger partial charge >= 0.3 is 5.97 Å². The number of rotatable bonds is 5. The lowest BCUT2D eigenvalue weighted by Crippen LogP contribution is -2.07. The molecule has 0 heterocycles. The Labute approximate surface area is 117 Å². The highest BCUT2D eigenvalue weighted by Gasteiger charge is 2.18. The molecule has 0 aliphatic heterocycles. The van der Waals surface area contributed by atoms with Crippen LogP contribution < -0.4 is 0 Å². The molecule has 0 aromatic heterocycles. The van der Waals surface area contributed by atoms with Crippen LogP contribution in [0.3, 0.4) is 0 Å². The van der Waals surface area contributed by atoms with Gasteiger partial charge in [0, 0.05) is 5.92 Å². The van der Waals surface area contributed by atoms with Crippen molar-refractivity contribution >= 4 is 29.2 Å². The van der Waals surface area contributed by atoms with Crippen molar-refractivity contribution in [3.05, 3.63) is 46.0 Å². The zero-order valence-corrected chi connectivity index (χ0v) is 11.9. The predicted octanol–water partition coefficient (Wildman–Crippen LogP) is 4.69. The molecule has 98 valence electrons. The summed E-state index contributed by atoms with van der Waals surface area (Å²) >= 11 is 11.3. The molecule has 18 heavy (non-hydrogen) atoms. The Kier molecular flexibility index (Phi) is 5.70. The zero-order valence-electron chi connectivity index (χ0n) is 10.4. The van der Waals surface area contributed by atoms with Gasteiger partial charge in [-0.2, -0.15) is 0 Å². The average Bonchev–Trinajstić information content (AvgIpc) is 2.26. The van der Waals surface area contributed by atoms with Gasteiger partial charge in [0.05, 0.1) is 6.42 Å². The molecule has 0 amide bonds. The fourth-order valence-electron chi connectivity index (χ4n) is 1.97. The summed E-state index contributed by atoms with van der Waals surface area (Å²) in [5.41, 5.74) is 2.09. The number of hydrogen-bond donors (Lipinski definition) is 1. The van der Waals surface area contributed by atoms with Crippen molar-refractivity contribution in [1.29, 1.82) is 0 Å². The third kappa shape index (κ3) is 4.35. The van der Waals surface area contributed by atoms with E-state index in [0.29, 0.717) is 5.92 Å². The van der Waals surface area contributed by atoms with E-state index in [0.717, 1.165) is 11.1 Å². The Balaban J connectivity index is 3.20. The van der Waals surface area contributed by atoms with Crippen LogP contribution in [0.15, 0.2) is 34.8 Å². The minimum absolute atomic E-state index is 0.0212. The van der Waals surface area contributed by atoms with Gasteiger partial charge in [-0.15, -0.1) is 0 Å².